The molecule has 0 spiro atoms. The number of ether oxygens (including phenoxy) is 1. The van der Waals surface area contributed by atoms with Crippen LogP contribution >= 0.6 is 0 Å². The van der Waals surface area contributed by atoms with Crippen LogP contribution in [0.25, 0.3) is 0 Å². The van der Waals surface area contributed by atoms with E-state index in [-0.39, 0.29) is 6.61 Å². The molecule has 2 rings (SSSR count). The quantitative estimate of drug-likeness (QED) is 0.915. The minimum atomic E-state index is -0.0108. The van der Waals surface area contributed by atoms with Gasteiger partial charge in [0.25, 0.3) is 0 Å². The maximum atomic E-state index is 9.10. The van der Waals surface area contributed by atoms with Crippen molar-refractivity contribution in [2.24, 2.45) is 0 Å². The molecule has 0 aliphatic heterocycles. The molecule has 0 unspecified atom stereocenters. The number of aryl methyl sites for hydroxylation is 1. The molecule has 4 nitrogen and oxygen atoms in total. The molecule has 0 aliphatic rings. The van der Waals surface area contributed by atoms with E-state index < -0.39 is 0 Å². The van der Waals surface area contributed by atoms with Crippen LogP contribution in [0.15, 0.2) is 30.3 Å². The van der Waals surface area contributed by atoms with Gasteiger partial charge in [0.2, 0.25) is 0 Å². The van der Waals surface area contributed by atoms with Gasteiger partial charge in [-0.05, 0) is 36.6 Å². The average Bonchev–Trinajstić information content (AvgIpc) is 2.38. The highest BCUT2D eigenvalue weighted by Crippen LogP contribution is 2.21. The van der Waals surface area contributed by atoms with Crippen molar-refractivity contribution in [3.8, 4) is 11.8 Å². The molecule has 19 heavy (non-hydrogen) atoms. The Kier molecular flexibility index (Phi) is 4.12. The summed E-state index contributed by atoms with van der Waals surface area (Å²) in [6.45, 7) is 6.07. The lowest BCUT2D eigenvalue weighted by Gasteiger charge is -2.09. The van der Waals surface area contributed by atoms with Gasteiger partial charge < -0.3 is 9.84 Å². The first kappa shape index (κ1) is 13.5. The van der Waals surface area contributed by atoms with Crippen LogP contribution in [0.3, 0.4) is 0 Å². The van der Waals surface area contributed by atoms with Gasteiger partial charge in [0.15, 0.2) is 0 Å². The summed E-state index contributed by atoms with van der Waals surface area (Å²) in [6.07, 6.45) is 0. The van der Waals surface area contributed by atoms with Gasteiger partial charge in [0.1, 0.15) is 5.75 Å². The number of aliphatic hydroxyl groups is 1. The summed E-state index contributed by atoms with van der Waals surface area (Å²) in [6, 6.07) is 9.57. The van der Waals surface area contributed by atoms with Crippen LogP contribution in [0.5, 0.6) is 11.8 Å². The molecule has 1 aromatic heterocycles. The topological polar surface area (TPSA) is 55.2 Å². The minimum absolute atomic E-state index is 0.0108. The monoisotopic (exact) mass is 258 g/mol. The maximum Gasteiger partial charge on any atom is 0.322 e. The van der Waals surface area contributed by atoms with Crippen LogP contribution in [-0.4, -0.2) is 15.1 Å². The van der Waals surface area contributed by atoms with Crippen molar-refractivity contribution in [2.75, 3.05) is 0 Å². The molecule has 0 aliphatic carbocycles. The number of benzene rings is 1. The summed E-state index contributed by atoms with van der Waals surface area (Å²) in [5.74, 6) is 0.958. The van der Waals surface area contributed by atoms with Crippen LogP contribution in [0.4, 0.5) is 0 Å². The van der Waals surface area contributed by atoms with Gasteiger partial charge in [-0.3, -0.25) is 0 Å². The lowest BCUT2D eigenvalue weighted by Crippen LogP contribution is -2.00. The van der Waals surface area contributed by atoms with E-state index in [2.05, 4.69) is 23.8 Å². The fourth-order valence-electron chi connectivity index (χ4n) is 1.72. The fraction of sp³-hybridized carbons (Fsp3) is 0.333. The molecule has 0 fully saturated rings. The van der Waals surface area contributed by atoms with E-state index in [1.54, 1.807) is 6.07 Å². The highest BCUT2D eigenvalue weighted by atomic mass is 16.5. The van der Waals surface area contributed by atoms with Crippen LogP contribution in [0.2, 0.25) is 0 Å². The third-order valence-electron chi connectivity index (χ3n) is 2.74. The highest BCUT2D eigenvalue weighted by molar-refractivity contribution is 5.30. The van der Waals surface area contributed by atoms with Crippen molar-refractivity contribution in [1.29, 1.82) is 0 Å². The molecule has 0 saturated carbocycles. The Morgan fingerprint density at radius 3 is 2.68 bits per heavy atom. The first-order chi connectivity index (χ1) is 9.08. The molecule has 2 aromatic rings. The number of aromatic nitrogens is 2. The Morgan fingerprint density at radius 2 is 2.00 bits per heavy atom. The zero-order valence-corrected chi connectivity index (χ0v) is 11.4. The standard InChI is InChI=1S/C15H18N2O2/c1-10(2)14-7-11(3)16-15(17-14)19-13-6-4-5-12(8-13)9-18/h4-8,10,18H,9H2,1-3H3. The Hall–Kier alpha value is -1.94. The lowest BCUT2D eigenvalue weighted by molar-refractivity contribution is 0.281. The third-order valence-corrected chi connectivity index (χ3v) is 2.74. The van der Waals surface area contributed by atoms with Gasteiger partial charge in [-0.15, -0.1) is 0 Å². The van der Waals surface area contributed by atoms with Crippen molar-refractivity contribution in [1.82, 2.24) is 9.97 Å². The maximum absolute atomic E-state index is 9.10. The van der Waals surface area contributed by atoms with Crippen molar-refractivity contribution < 1.29 is 9.84 Å². The van der Waals surface area contributed by atoms with Crippen molar-refractivity contribution in [3.63, 3.8) is 0 Å². The summed E-state index contributed by atoms with van der Waals surface area (Å²) in [4.78, 5) is 8.66. The number of rotatable bonds is 4. The van der Waals surface area contributed by atoms with E-state index in [1.165, 1.54) is 0 Å². The van der Waals surface area contributed by atoms with Gasteiger partial charge in [-0.25, -0.2) is 4.98 Å². The predicted molar refractivity (Wildman–Crippen MR) is 73.3 cm³/mol. The van der Waals surface area contributed by atoms with E-state index in [4.69, 9.17) is 9.84 Å². The molecule has 0 atom stereocenters. The Morgan fingerprint density at radius 1 is 1.21 bits per heavy atom. The SMILES string of the molecule is Cc1cc(C(C)C)nc(Oc2cccc(CO)c2)n1. The number of hydrogen-bond acceptors (Lipinski definition) is 4. The average molecular weight is 258 g/mol. The highest BCUT2D eigenvalue weighted by Gasteiger charge is 2.08. The molecule has 0 saturated heterocycles. The molecule has 1 heterocycles. The normalized spacial score (nSPS) is 10.8. The largest absolute Gasteiger partial charge is 0.424 e. The minimum Gasteiger partial charge on any atom is -0.424 e. The second-order valence-electron chi connectivity index (χ2n) is 4.78. The Bertz CT molecular complexity index is 568. The van der Waals surface area contributed by atoms with Crippen LogP contribution in [0, 0.1) is 6.92 Å². The van der Waals surface area contributed by atoms with E-state index >= 15 is 0 Å². The summed E-state index contributed by atoms with van der Waals surface area (Å²) < 4.78 is 5.66. The smallest absolute Gasteiger partial charge is 0.322 e. The number of hydrogen-bond donors (Lipinski definition) is 1. The summed E-state index contributed by atoms with van der Waals surface area (Å²) in [5, 5.41) is 9.10. The fourth-order valence-corrected chi connectivity index (χ4v) is 1.72. The molecule has 0 bridgehead atoms. The Labute approximate surface area is 113 Å². The van der Waals surface area contributed by atoms with Gasteiger partial charge >= 0.3 is 6.01 Å². The molecule has 4 heteroatoms. The molecular formula is C15H18N2O2. The summed E-state index contributed by atoms with van der Waals surface area (Å²) in [5.41, 5.74) is 2.64. The predicted octanol–water partition coefficient (Wildman–Crippen LogP) is 3.19. The molecule has 100 valence electrons. The zero-order valence-electron chi connectivity index (χ0n) is 11.4. The first-order valence-electron chi connectivity index (χ1n) is 6.31. The Balaban J connectivity index is 2.27. The van der Waals surface area contributed by atoms with Crippen LogP contribution in [0.1, 0.15) is 36.7 Å². The molecule has 1 aromatic carbocycles. The van der Waals surface area contributed by atoms with Gasteiger partial charge in [-0.2, -0.15) is 4.98 Å². The van der Waals surface area contributed by atoms with E-state index in [1.807, 2.05) is 31.2 Å². The van der Waals surface area contributed by atoms with Crippen molar-refractivity contribution in [2.45, 2.75) is 33.3 Å². The zero-order chi connectivity index (χ0) is 13.8. The molecule has 0 radical (unpaired) electrons. The van der Waals surface area contributed by atoms with Crippen LogP contribution < -0.4 is 4.74 Å². The molecule has 0 amide bonds. The van der Waals surface area contributed by atoms with Gasteiger partial charge in [-0.1, -0.05) is 26.0 Å². The molecular weight excluding hydrogens is 240 g/mol. The second-order valence-corrected chi connectivity index (χ2v) is 4.78. The van der Waals surface area contributed by atoms with E-state index in [0.717, 1.165) is 17.0 Å². The van der Waals surface area contributed by atoms with Crippen molar-refractivity contribution >= 4 is 0 Å². The molecule has 1 N–H and O–H groups in total. The lowest BCUT2D eigenvalue weighted by atomic mass is 10.1. The van der Waals surface area contributed by atoms with E-state index in [9.17, 15) is 0 Å². The summed E-state index contributed by atoms with van der Waals surface area (Å²) >= 11 is 0. The number of aliphatic hydroxyl groups excluding tert-OH is 1. The van der Waals surface area contributed by atoms with E-state index in [0.29, 0.717) is 17.7 Å². The van der Waals surface area contributed by atoms with Gasteiger partial charge in [0.05, 0.1) is 12.3 Å². The second kappa shape index (κ2) is 5.80. The van der Waals surface area contributed by atoms with Gasteiger partial charge in [0, 0.05) is 5.69 Å². The van der Waals surface area contributed by atoms with Crippen LogP contribution in [-0.2, 0) is 6.61 Å². The third kappa shape index (κ3) is 3.51. The number of nitrogens with zero attached hydrogens (tertiary/aromatic N) is 2. The summed E-state index contributed by atoms with van der Waals surface area (Å²) in [7, 11) is 0. The van der Waals surface area contributed by atoms with Crippen molar-refractivity contribution in [3.05, 3.63) is 47.3 Å². The first-order valence-corrected chi connectivity index (χ1v) is 6.31.